The van der Waals surface area contributed by atoms with E-state index in [-0.39, 0.29) is 24.1 Å². The van der Waals surface area contributed by atoms with Gasteiger partial charge in [0, 0.05) is 22.7 Å². The van der Waals surface area contributed by atoms with Crippen molar-refractivity contribution in [2.75, 3.05) is 19.7 Å². The quantitative estimate of drug-likeness (QED) is 0.461. The van der Waals surface area contributed by atoms with E-state index in [4.69, 9.17) is 16.3 Å². The number of aromatic nitrogens is 3. The third kappa shape index (κ3) is 6.23. The summed E-state index contributed by atoms with van der Waals surface area (Å²) in [7, 11) is 0. The summed E-state index contributed by atoms with van der Waals surface area (Å²) in [6.07, 6.45) is 6.23. The van der Waals surface area contributed by atoms with E-state index in [0.717, 1.165) is 19.5 Å². The molecule has 1 aliphatic heterocycles. The SMILES string of the molecule is CCN1CCCCC1CCOc1cnc2nc(-c3cccc(Cl)c3)n(CC(=O)NC(C)C)c(=O)c2c1. The Labute approximate surface area is 216 Å². The standard InChI is InChI=1S/C27H34ClN5O3/c1-4-32-12-6-5-10-21(32)11-13-36-22-15-23-25(29-16-22)31-26(19-8-7-9-20(28)14-19)33(27(23)35)17-24(34)30-18(2)3/h7-9,14-16,18,21H,4-6,10-13,17H2,1-3H3,(H,30,34). The molecule has 1 unspecified atom stereocenters. The lowest BCUT2D eigenvalue weighted by Gasteiger charge is -2.34. The summed E-state index contributed by atoms with van der Waals surface area (Å²) in [4.78, 5) is 37.8. The van der Waals surface area contributed by atoms with Crippen LogP contribution in [0.15, 0.2) is 41.3 Å². The summed E-state index contributed by atoms with van der Waals surface area (Å²) < 4.78 is 7.38. The van der Waals surface area contributed by atoms with Gasteiger partial charge in [-0.25, -0.2) is 9.97 Å². The molecule has 4 rings (SSSR count). The summed E-state index contributed by atoms with van der Waals surface area (Å²) in [5, 5.41) is 3.66. The van der Waals surface area contributed by atoms with E-state index < -0.39 is 0 Å². The van der Waals surface area contributed by atoms with Gasteiger partial charge in [-0.05, 0) is 64.4 Å². The topological polar surface area (TPSA) is 89.3 Å². The maximum absolute atomic E-state index is 13.6. The largest absolute Gasteiger partial charge is 0.492 e. The van der Waals surface area contributed by atoms with Crippen molar-refractivity contribution in [1.29, 1.82) is 0 Å². The molecule has 1 aliphatic rings. The van der Waals surface area contributed by atoms with Crippen LogP contribution in [0.5, 0.6) is 5.75 Å². The van der Waals surface area contributed by atoms with Crippen molar-refractivity contribution in [3.63, 3.8) is 0 Å². The first kappa shape index (κ1) is 26.1. The lowest BCUT2D eigenvalue weighted by Crippen LogP contribution is -2.40. The number of ether oxygens (including phenoxy) is 1. The number of benzene rings is 1. The fourth-order valence-corrected chi connectivity index (χ4v) is 4.98. The molecular weight excluding hydrogens is 478 g/mol. The molecule has 0 aliphatic carbocycles. The molecule has 1 aromatic carbocycles. The normalized spacial score (nSPS) is 16.4. The maximum Gasteiger partial charge on any atom is 0.263 e. The Morgan fingerprint density at radius 1 is 1.28 bits per heavy atom. The Morgan fingerprint density at radius 2 is 2.11 bits per heavy atom. The van der Waals surface area contributed by atoms with E-state index in [1.165, 1.54) is 23.8 Å². The highest BCUT2D eigenvalue weighted by atomic mass is 35.5. The van der Waals surface area contributed by atoms with Gasteiger partial charge in [-0.3, -0.25) is 14.2 Å². The van der Waals surface area contributed by atoms with Crippen LogP contribution in [0.3, 0.4) is 0 Å². The monoisotopic (exact) mass is 511 g/mol. The molecule has 36 heavy (non-hydrogen) atoms. The lowest BCUT2D eigenvalue weighted by molar-refractivity contribution is -0.122. The minimum Gasteiger partial charge on any atom is -0.492 e. The van der Waals surface area contributed by atoms with Gasteiger partial charge in [0.2, 0.25) is 5.91 Å². The molecule has 1 amide bonds. The molecule has 0 saturated carbocycles. The summed E-state index contributed by atoms with van der Waals surface area (Å²) in [5.41, 5.74) is 0.581. The molecule has 8 nitrogen and oxygen atoms in total. The van der Waals surface area contributed by atoms with Crippen molar-refractivity contribution in [3.8, 4) is 17.1 Å². The van der Waals surface area contributed by atoms with Gasteiger partial charge < -0.3 is 15.0 Å². The highest BCUT2D eigenvalue weighted by Crippen LogP contribution is 2.24. The second-order valence-electron chi connectivity index (χ2n) is 9.52. The van der Waals surface area contributed by atoms with Gasteiger partial charge in [-0.1, -0.05) is 37.1 Å². The zero-order valence-corrected chi connectivity index (χ0v) is 21.9. The van der Waals surface area contributed by atoms with Crippen LogP contribution in [0.1, 0.15) is 46.5 Å². The zero-order chi connectivity index (χ0) is 25.7. The van der Waals surface area contributed by atoms with E-state index in [2.05, 4.69) is 27.1 Å². The number of halogens is 1. The zero-order valence-electron chi connectivity index (χ0n) is 21.2. The van der Waals surface area contributed by atoms with Crippen molar-refractivity contribution < 1.29 is 9.53 Å². The molecule has 1 N–H and O–H groups in total. The summed E-state index contributed by atoms with van der Waals surface area (Å²) in [6.45, 7) is 8.52. The molecule has 192 valence electrons. The molecule has 0 bridgehead atoms. The lowest BCUT2D eigenvalue weighted by atomic mass is 10.00. The van der Waals surface area contributed by atoms with Crippen LogP contribution in [0.2, 0.25) is 5.02 Å². The number of pyridine rings is 1. The highest BCUT2D eigenvalue weighted by Gasteiger charge is 2.21. The molecular formula is C27H34ClN5O3. The number of carbonyl (C=O) groups excluding carboxylic acids is 1. The van der Waals surface area contributed by atoms with Crippen molar-refractivity contribution in [2.45, 2.75) is 65.1 Å². The molecule has 0 spiro atoms. The maximum atomic E-state index is 13.6. The van der Waals surface area contributed by atoms with Crippen LogP contribution in [-0.2, 0) is 11.3 Å². The van der Waals surface area contributed by atoms with Crippen LogP contribution in [0.4, 0.5) is 0 Å². The Kier molecular flexibility index (Phi) is 8.59. The number of piperidine rings is 1. The van der Waals surface area contributed by atoms with Crippen molar-refractivity contribution in [3.05, 3.63) is 51.9 Å². The summed E-state index contributed by atoms with van der Waals surface area (Å²) >= 11 is 6.19. The van der Waals surface area contributed by atoms with Gasteiger partial charge in [0.25, 0.3) is 5.56 Å². The van der Waals surface area contributed by atoms with Crippen molar-refractivity contribution in [2.24, 2.45) is 0 Å². The van der Waals surface area contributed by atoms with E-state index >= 15 is 0 Å². The second-order valence-corrected chi connectivity index (χ2v) is 9.95. The fourth-order valence-electron chi connectivity index (χ4n) is 4.79. The predicted octanol–water partition coefficient (Wildman–Crippen LogP) is 4.28. The second kappa shape index (κ2) is 11.8. The van der Waals surface area contributed by atoms with Crippen LogP contribution < -0.4 is 15.6 Å². The number of nitrogens with zero attached hydrogens (tertiary/aromatic N) is 4. The first-order valence-corrected chi connectivity index (χ1v) is 13.1. The van der Waals surface area contributed by atoms with Crippen LogP contribution in [0.25, 0.3) is 22.4 Å². The average Bonchev–Trinajstić information content (AvgIpc) is 2.85. The third-order valence-electron chi connectivity index (χ3n) is 6.49. The predicted molar refractivity (Wildman–Crippen MR) is 143 cm³/mol. The Bertz CT molecular complexity index is 1280. The molecule has 3 heterocycles. The smallest absolute Gasteiger partial charge is 0.263 e. The number of hydrogen-bond acceptors (Lipinski definition) is 6. The molecule has 1 saturated heterocycles. The first-order chi connectivity index (χ1) is 17.4. The number of amides is 1. The summed E-state index contributed by atoms with van der Waals surface area (Å²) in [5.74, 6) is 0.589. The van der Waals surface area contributed by atoms with Gasteiger partial charge >= 0.3 is 0 Å². The molecule has 2 aromatic heterocycles. The van der Waals surface area contributed by atoms with Crippen molar-refractivity contribution >= 4 is 28.5 Å². The van der Waals surface area contributed by atoms with E-state index in [1.807, 2.05) is 13.8 Å². The molecule has 1 atom stereocenters. The van der Waals surface area contributed by atoms with E-state index in [0.29, 0.717) is 45.8 Å². The van der Waals surface area contributed by atoms with E-state index in [1.54, 1.807) is 36.5 Å². The molecule has 1 fully saturated rings. The third-order valence-corrected chi connectivity index (χ3v) is 6.73. The minimum absolute atomic E-state index is 0.0503. The van der Waals surface area contributed by atoms with Gasteiger partial charge in [0.15, 0.2) is 5.65 Å². The minimum atomic E-state index is -0.351. The number of fused-ring (bicyclic) bond motifs is 1. The van der Waals surface area contributed by atoms with Crippen LogP contribution >= 0.6 is 11.6 Å². The Hall–Kier alpha value is -2.97. The highest BCUT2D eigenvalue weighted by molar-refractivity contribution is 6.30. The average molecular weight is 512 g/mol. The number of likely N-dealkylation sites (tertiary alicyclic amines) is 1. The fraction of sp³-hybridized carbons (Fsp3) is 0.481. The molecule has 0 radical (unpaired) electrons. The molecule has 3 aromatic rings. The number of carbonyl (C=O) groups is 1. The van der Waals surface area contributed by atoms with Gasteiger partial charge in [-0.15, -0.1) is 0 Å². The van der Waals surface area contributed by atoms with Crippen molar-refractivity contribution in [1.82, 2.24) is 24.8 Å². The van der Waals surface area contributed by atoms with E-state index in [9.17, 15) is 9.59 Å². The number of rotatable bonds is 9. The summed E-state index contributed by atoms with van der Waals surface area (Å²) in [6, 6.07) is 9.20. The van der Waals surface area contributed by atoms with Crippen LogP contribution in [-0.4, -0.2) is 57.1 Å². The number of nitrogens with one attached hydrogen (secondary N) is 1. The first-order valence-electron chi connectivity index (χ1n) is 12.7. The Balaban J connectivity index is 1.63. The number of hydrogen-bond donors (Lipinski definition) is 1. The van der Waals surface area contributed by atoms with Gasteiger partial charge in [-0.2, -0.15) is 0 Å². The Morgan fingerprint density at radius 3 is 2.86 bits per heavy atom. The molecule has 9 heteroatoms. The van der Waals surface area contributed by atoms with Gasteiger partial charge in [0.05, 0.1) is 18.2 Å². The van der Waals surface area contributed by atoms with Gasteiger partial charge in [0.1, 0.15) is 18.1 Å². The van der Waals surface area contributed by atoms with Crippen LogP contribution in [0, 0.1) is 0 Å².